The van der Waals surface area contributed by atoms with Crippen molar-refractivity contribution in [2.24, 2.45) is 10.2 Å². The lowest BCUT2D eigenvalue weighted by atomic mass is 10.1. The van der Waals surface area contributed by atoms with Gasteiger partial charge in [0.15, 0.2) is 0 Å². The van der Waals surface area contributed by atoms with Crippen molar-refractivity contribution in [2.45, 2.75) is 0 Å². The molecule has 2 heteroatoms. The molecule has 0 heterocycles. The van der Waals surface area contributed by atoms with Crippen LogP contribution < -0.4 is 0 Å². The fourth-order valence-electron chi connectivity index (χ4n) is 1.80. The molecule has 0 atom stereocenters. The van der Waals surface area contributed by atoms with Gasteiger partial charge in [0.25, 0.3) is 0 Å². The van der Waals surface area contributed by atoms with Crippen LogP contribution in [0.25, 0.3) is 10.8 Å². The summed E-state index contributed by atoms with van der Waals surface area (Å²) in [5, 5.41) is 10.8. The van der Waals surface area contributed by atoms with Crippen LogP contribution in [0, 0.1) is 6.07 Å². The summed E-state index contributed by atoms with van der Waals surface area (Å²) >= 11 is 0. The number of hydrogen-bond donors (Lipinski definition) is 0. The molecule has 3 rings (SSSR count). The van der Waals surface area contributed by atoms with Gasteiger partial charge in [0.1, 0.15) is 0 Å². The molecule has 0 amide bonds. The Hall–Kier alpha value is -2.48. The third kappa shape index (κ3) is 2.28. The largest absolute Gasteiger partial charge is 0.151 e. The highest BCUT2D eigenvalue weighted by atomic mass is 15.1. The number of azo groups is 1. The standard InChI is InChI=1S/C16H11N2/c1-2-8-15(9-3-1)17-18-16-11-10-13-6-4-5-7-14(13)12-16/h1-8,10-12H. The summed E-state index contributed by atoms with van der Waals surface area (Å²) in [5.41, 5.74) is 1.59. The Morgan fingerprint density at radius 3 is 2.39 bits per heavy atom. The Bertz CT molecular complexity index is 688. The van der Waals surface area contributed by atoms with Gasteiger partial charge in [-0.05, 0) is 29.0 Å². The molecular formula is C16H11N2. The van der Waals surface area contributed by atoms with E-state index in [0.29, 0.717) is 0 Å². The van der Waals surface area contributed by atoms with Gasteiger partial charge in [-0.15, -0.1) is 5.11 Å². The fourth-order valence-corrected chi connectivity index (χ4v) is 1.80. The highest BCUT2D eigenvalue weighted by Crippen LogP contribution is 2.22. The minimum atomic E-state index is 0.741. The molecule has 1 radical (unpaired) electrons. The minimum Gasteiger partial charge on any atom is -0.151 e. The third-order valence-electron chi connectivity index (χ3n) is 2.70. The van der Waals surface area contributed by atoms with Crippen LogP contribution in [-0.2, 0) is 0 Å². The van der Waals surface area contributed by atoms with E-state index < -0.39 is 0 Å². The molecule has 0 bridgehead atoms. The summed E-state index contributed by atoms with van der Waals surface area (Å²) in [4.78, 5) is 0. The first-order valence-corrected chi connectivity index (χ1v) is 5.79. The van der Waals surface area contributed by atoms with Crippen LogP contribution in [0.5, 0.6) is 0 Å². The summed E-state index contributed by atoms with van der Waals surface area (Å²) in [6.07, 6.45) is 0. The topological polar surface area (TPSA) is 24.7 Å². The van der Waals surface area contributed by atoms with Gasteiger partial charge < -0.3 is 0 Å². The van der Waals surface area contributed by atoms with Crippen molar-refractivity contribution in [3.05, 3.63) is 72.8 Å². The lowest BCUT2D eigenvalue weighted by Crippen LogP contribution is -1.70. The first-order chi connectivity index (χ1) is 8.92. The summed E-state index contributed by atoms with van der Waals surface area (Å²) in [7, 11) is 0. The van der Waals surface area contributed by atoms with Gasteiger partial charge in [0, 0.05) is 6.07 Å². The van der Waals surface area contributed by atoms with E-state index in [1.54, 1.807) is 0 Å². The molecule has 3 aromatic carbocycles. The number of hydrogen-bond acceptors (Lipinski definition) is 2. The van der Waals surface area contributed by atoms with Gasteiger partial charge in [0.05, 0.1) is 11.4 Å². The number of fused-ring (bicyclic) bond motifs is 1. The van der Waals surface area contributed by atoms with Crippen LogP contribution >= 0.6 is 0 Å². The van der Waals surface area contributed by atoms with E-state index in [2.05, 4.69) is 34.5 Å². The predicted molar refractivity (Wildman–Crippen MR) is 73.4 cm³/mol. The van der Waals surface area contributed by atoms with Gasteiger partial charge in [0.2, 0.25) is 0 Å². The van der Waals surface area contributed by atoms with Crippen molar-refractivity contribution < 1.29 is 0 Å². The molecular weight excluding hydrogens is 220 g/mol. The van der Waals surface area contributed by atoms with Crippen LogP contribution in [0.4, 0.5) is 11.4 Å². The van der Waals surface area contributed by atoms with Gasteiger partial charge in [-0.2, -0.15) is 5.11 Å². The Balaban J connectivity index is 1.93. The zero-order chi connectivity index (χ0) is 12.2. The zero-order valence-corrected chi connectivity index (χ0v) is 9.75. The van der Waals surface area contributed by atoms with Gasteiger partial charge in [-0.25, -0.2) is 0 Å². The van der Waals surface area contributed by atoms with Crippen molar-refractivity contribution in [3.8, 4) is 0 Å². The Labute approximate surface area is 106 Å². The molecule has 0 aliphatic rings. The first kappa shape index (κ1) is 10.7. The Morgan fingerprint density at radius 2 is 1.56 bits per heavy atom. The molecule has 0 aliphatic carbocycles. The minimum absolute atomic E-state index is 0.741. The molecule has 2 nitrogen and oxygen atoms in total. The SMILES string of the molecule is [c]1ccccc1N=Nc1ccc2ccccc2c1. The van der Waals surface area contributed by atoms with Crippen molar-refractivity contribution in [2.75, 3.05) is 0 Å². The first-order valence-electron chi connectivity index (χ1n) is 5.79. The van der Waals surface area contributed by atoms with E-state index in [4.69, 9.17) is 0 Å². The molecule has 0 aromatic heterocycles. The lowest BCUT2D eigenvalue weighted by molar-refractivity contribution is 1.23. The maximum absolute atomic E-state index is 4.22. The highest BCUT2D eigenvalue weighted by molar-refractivity contribution is 5.85. The molecule has 0 spiro atoms. The molecule has 18 heavy (non-hydrogen) atoms. The monoisotopic (exact) mass is 231 g/mol. The zero-order valence-electron chi connectivity index (χ0n) is 9.75. The second kappa shape index (κ2) is 4.80. The normalized spacial score (nSPS) is 11.1. The molecule has 0 N–H and O–H groups in total. The average molecular weight is 231 g/mol. The van der Waals surface area contributed by atoms with Crippen molar-refractivity contribution in [3.63, 3.8) is 0 Å². The Kier molecular flexibility index (Phi) is 2.84. The van der Waals surface area contributed by atoms with Crippen molar-refractivity contribution in [1.29, 1.82) is 0 Å². The van der Waals surface area contributed by atoms with Gasteiger partial charge >= 0.3 is 0 Å². The van der Waals surface area contributed by atoms with Crippen molar-refractivity contribution >= 4 is 22.1 Å². The van der Waals surface area contributed by atoms with E-state index in [1.807, 2.05) is 48.5 Å². The van der Waals surface area contributed by atoms with E-state index in [0.717, 1.165) is 11.4 Å². The van der Waals surface area contributed by atoms with Crippen molar-refractivity contribution in [1.82, 2.24) is 0 Å². The van der Waals surface area contributed by atoms with Crippen LogP contribution in [-0.4, -0.2) is 0 Å². The smallest absolute Gasteiger partial charge is 0.0936 e. The van der Waals surface area contributed by atoms with Crippen LogP contribution in [0.2, 0.25) is 0 Å². The van der Waals surface area contributed by atoms with E-state index >= 15 is 0 Å². The average Bonchev–Trinajstić information content (AvgIpc) is 2.46. The fraction of sp³-hybridized carbons (Fsp3) is 0. The quantitative estimate of drug-likeness (QED) is 0.551. The van der Waals surface area contributed by atoms with E-state index in [-0.39, 0.29) is 0 Å². The molecule has 3 aromatic rings. The highest BCUT2D eigenvalue weighted by Gasteiger charge is 1.94. The second-order valence-corrected chi connectivity index (χ2v) is 3.98. The molecule has 85 valence electrons. The van der Waals surface area contributed by atoms with Gasteiger partial charge in [-0.3, -0.25) is 0 Å². The van der Waals surface area contributed by atoms with E-state index in [1.165, 1.54) is 10.8 Å². The number of rotatable bonds is 2. The summed E-state index contributed by atoms with van der Waals surface area (Å²) in [6, 6.07) is 24.8. The van der Waals surface area contributed by atoms with Crippen LogP contribution in [0.3, 0.4) is 0 Å². The summed E-state index contributed by atoms with van der Waals surface area (Å²) in [5.74, 6) is 0. The van der Waals surface area contributed by atoms with Crippen LogP contribution in [0.1, 0.15) is 0 Å². The van der Waals surface area contributed by atoms with E-state index in [9.17, 15) is 0 Å². The third-order valence-corrected chi connectivity index (χ3v) is 2.70. The van der Waals surface area contributed by atoms with Gasteiger partial charge in [-0.1, -0.05) is 48.5 Å². The molecule has 0 saturated carbocycles. The number of nitrogens with zero attached hydrogens (tertiary/aromatic N) is 2. The lowest BCUT2D eigenvalue weighted by Gasteiger charge is -1.98. The Morgan fingerprint density at radius 1 is 0.722 bits per heavy atom. The molecule has 0 saturated heterocycles. The maximum atomic E-state index is 4.22. The second-order valence-electron chi connectivity index (χ2n) is 3.98. The molecule has 0 unspecified atom stereocenters. The van der Waals surface area contributed by atoms with Crippen LogP contribution in [0.15, 0.2) is 77.0 Å². The number of benzene rings is 3. The molecule has 0 fully saturated rings. The predicted octanol–water partition coefficient (Wildman–Crippen LogP) is 5.06. The molecule has 0 aliphatic heterocycles. The summed E-state index contributed by atoms with van der Waals surface area (Å²) in [6.45, 7) is 0. The summed E-state index contributed by atoms with van der Waals surface area (Å²) < 4.78 is 0. The maximum Gasteiger partial charge on any atom is 0.0936 e.